The molecule has 30 heavy (non-hydrogen) atoms. The lowest BCUT2D eigenvalue weighted by molar-refractivity contribution is 0.174. The first kappa shape index (κ1) is 19.6. The van der Waals surface area contributed by atoms with Crippen molar-refractivity contribution in [2.45, 2.75) is 19.0 Å². The molecule has 1 aromatic heterocycles. The first-order valence-electron chi connectivity index (χ1n) is 9.63. The molecule has 0 saturated heterocycles. The number of carbonyl (C=O) groups excluding carboxylic acids is 1. The summed E-state index contributed by atoms with van der Waals surface area (Å²) < 4.78 is 18.2. The fourth-order valence-corrected chi connectivity index (χ4v) is 3.48. The molecule has 0 saturated carbocycles. The zero-order valence-electron chi connectivity index (χ0n) is 17.1. The van der Waals surface area contributed by atoms with Gasteiger partial charge in [-0.15, -0.1) is 0 Å². The summed E-state index contributed by atoms with van der Waals surface area (Å²) in [6.07, 6.45) is 3.54. The van der Waals surface area contributed by atoms with Gasteiger partial charge in [0.2, 0.25) is 6.79 Å². The van der Waals surface area contributed by atoms with Crippen LogP contribution in [0.15, 0.2) is 54.9 Å². The maximum atomic E-state index is 12.9. The van der Waals surface area contributed by atoms with Crippen LogP contribution >= 0.6 is 0 Å². The molecule has 0 bridgehead atoms. The average molecular weight is 408 g/mol. The van der Waals surface area contributed by atoms with Gasteiger partial charge in [-0.1, -0.05) is 24.3 Å². The number of hydrogen-bond acceptors (Lipinski definition) is 5. The number of urea groups is 1. The van der Waals surface area contributed by atoms with Crippen molar-refractivity contribution in [3.63, 3.8) is 0 Å². The van der Waals surface area contributed by atoms with Crippen LogP contribution in [-0.4, -0.2) is 29.5 Å². The minimum Gasteiger partial charge on any atom is -0.496 e. The summed E-state index contributed by atoms with van der Waals surface area (Å²) in [5, 5.41) is 6.02. The Morgan fingerprint density at radius 3 is 2.73 bits per heavy atom. The zero-order valence-corrected chi connectivity index (χ0v) is 17.1. The summed E-state index contributed by atoms with van der Waals surface area (Å²) >= 11 is 0. The molecular weight excluding hydrogens is 384 g/mol. The Morgan fingerprint density at radius 2 is 1.97 bits per heavy atom. The van der Waals surface area contributed by atoms with Gasteiger partial charge in [0.25, 0.3) is 0 Å². The highest BCUT2D eigenvalue weighted by Gasteiger charge is 2.25. The molecule has 3 aromatic rings. The van der Waals surface area contributed by atoms with Crippen LogP contribution < -0.4 is 24.8 Å². The van der Waals surface area contributed by atoms with Crippen molar-refractivity contribution in [3.05, 3.63) is 71.8 Å². The van der Waals surface area contributed by atoms with Gasteiger partial charge < -0.3 is 29.4 Å². The molecule has 1 aliphatic heterocycles. The van der Waals surface area contributed by atoms with E-state index >= 15 is 0 Å². The number of imidazole rings is 1. The largest absolute Gasteiger partial charge is 0.496 e. The Morgan fingerprint density at radius 1 is 1.17 bits per heavy atom. The molecular formula is C22H24N4O4. The van der Waals surface area contributed by atoms with Gasteiger partial charge in [0.1, 0.15) is 17.6 Å². The Labute approximate surface area is 174 Å². The molecule has 2 unspecified atom stereocenters. The number of aromatic nitrogens is 2. The van der Waals surface area contributed by atoms with Crippen LogP contribution in [0.1, 0.15) is 36.0 Å². The highest BCUT2D eigenvalue weighted by molar-refractivity contribution is 5.75. The van der Waals surface area contributed by atoms with Crippen molar-refractivity contribution in [1.29, 1.82) is 0 Å². The van der Waals surface area contributed by atoms with Gasteiger partial charge in [0, 0.05) is 25.0 Å². The van der Waals surface area contributed by atoms with Gasteiger partial charge in [-0.2, -0.15) is 0 Å². The fraction of sp³-hybridized carbons (Fsp3) is 0.273. The van der Waals surface area contributed by atoms with Crippen molar-refractivity contribution in [1.82, 2.24) is 20.2 Å². The molecule has 0 fully saturated rings. The third-order valence-corrected chi connectivity index (χ3v) is 5.09. The summed E-state index contributed by atoms with van der Waals surface area (Å²) in [5.74, 6) is 2.77. The highest BCUT2D eigenvalue weighted by Crippen LogP contribution is 2.34. The van der Waals surface area contributed by atoms with E-state index in [9.17, 15) is 4.79 Å². The van der Waals surface area contributed by atoms with Crippen LogP contribution in [-0.2, 0) is 7.05 Å². The Kier molecular flexibility index (Phi) is 5.47. The van der Waals surface area contributed by atoms with Gasteiger partial charge >= 0.3 is 6.03 Å². The summed E-state index contributed by atoms with van der Waals surface area (Å²) in [7, 11) is 3.50. The van der Waals surface area contributed by atoms with Crippen LogP contribution in [0.25, 0.3) is 0 Å². The molecule has 2 aromatic carbocycles. The number of rotatable bonds is 6. The van der Waals surface area contributed by atoms with Crippen LogP contribution in [0.3, 0.4) is 0 Å². The Hall–Kier alpha value is -3.68. The van der Waals surface area contributed by atoms with Crippen LogP contribution in [0.4, 0.5) is 4.79 Å². The van der Waals surface area contributed by atoms with E-state index < -0.39 is 6.04 Å². The molecule has 2 heterocycles. The molecule has 4 rings (SSSR count). The summed E-state index contributed by atoms with van der Waals surface area (Å²) in [5.41, 5.74) is 1.74. The highest BCUT2D eigenvalue weighted by atomic mass is 16.7. The lowest BCUT2D eigenvalue weighted by Gasteiger charge is -2.23. The second kappa shape index (κ2) is 8.36. The van der Waals surface area contributed by atoms with Gasteiger partial charge in [-0.3, -0.25) is 0 Å². The predicted molar refractivity (Wildman–Crippen MR) is 111 cm³/mol. The molecule has 0 spiro atoms. The van der Waals surface area contributed by atoms with Gasteiger partial charge in [0.15, 0.2) is 11.5 Å². The molecule has 2 atom stereocenters. The van der Waals surface area contributed by atoms with E-state index in [4.69, 9.17) is 14.2 Å². The lowest BCUT2D eigenvalue weighted by Crippen LogP contribution is -2.40. The third kappa shape index (κ3) is 3.89. The lowest BCUT2D eigenvalue weighted by atomic mass is 10.0. The van der Waals surface area contributed by atoms with E-state index in [-0.39, 0.29) is 18.9 Å². The van der Waals surface area contributed by atoms with Crippen LogP contribution in [0.2, 0.25) is 0 Å². The number of hydrogen-bond donors (Lipinski definition) is 2. The first-order valence-corrected chi connectivity index (χ1v) is 9.63. The second-order valence-electron chi connectivity index (χ2n) is 7.02. The minimum atomic E-state index is -0.481. The average Bonchev–Trinajstić information content (AvgIpc) is 3.40. The van der Waals surface area contributed by atoms with Crippen LogP contribution in [0.5, 0.6) is 17.2 Å². The summed E-state index contributed by atoms with van der Waals surface area (Å²) in [6, 6.07) is 12.2. The van der Waals surface area contributed by atoms with Gasteiger partial charge in [-0.25, -0.2) is 9.78 Å². The third-order valence-electron chi connectivity index (χ3n) is 5.09. The normalized spacial score (nSPS) is 14.1. The maximum Gasteiger partial charge on any atom is 0.316 e. The van der Waals surface area contributed by atoms with Crippen molar-refractivity contribution in [2.75, 3.05) is 13.9 Å². The molecule has 0 aliphatic carbocycles. The monoisotopic (exact) mass is 408 g/mol. The number of fused-ring (bicyclic) bond motifs is 1. The van der Waals surface area contributed by atoms with Crippen molar-refractivity contribution >= 4 is 6.03 Å². The quantitative estimate of drug-likeness (QED) is 0.654. The number of aryl methyl sites for hydroxylation is 1. The van der Waals surface area contributed by atoms with E-state index in [1.807, 2.05) is 67.2 Å². The van der Waals surface area contributed by atoms with E-state index in [0.717, 1.165) is 11.1 Å². The number of methoxy groups -OCH3 is 1. The van der Waals surface area contributed by atoms with E-state index in [1.165, 1.54) is 0 Å². The van der Waals surface area contributed by atoms with Crippen LogP contribution in [0, 0.1) is 0 Å². The van der Waals surface area contributed by atoms with E-state index in [1.54, 1.807) is 13.3 Å². The van der Waals surface area contributed by atoms with Crippen molar-refractivity contribution < 1.29 is 19.0 Å². The number of para-hydroxylation sites is 1. The molecule has 2 amide bonds. The van der Waals surface area contributed by atoms with Gasteiger partial charge in [0.05, 0.1) is 13.2 Å². The number of nitrogens with one attached hydrogen (secondary N) is 2. The molecule has 1 aliphatic rings. The van der Waals surface area contributed by atoms with Crippen molar-refractivity contribution in [2.24, 2.45) is 7.05 Å². The Bertz CT molecular complexity index is 1050. The SMILES string of the molecule is COc1ccccc1C(NC(=O)NC(C)c1ccc2c(c1)OCO2)c1nccn1C. The van der Waals surface area contributed by atoms with E-state index in [2.05, 4.69) is 15.6 Å². The smallest absolute Gasteiger partial charge is 0.316 e. The number of amides is 2. The summed E-state index contributed by atoms with van der Waals surface area (Å²) in [4.78, 5) is 17.3. The second-order valence-corrected chi connectivity index (χ2v) is 7.02. The topological polar surface area (TPSA) is 86.6 Å². The van der Waals surface area contributed by atoms with E-state index in [0.29, 0.717) is 23.1 Å². The van der Waals surface area contributed by atoms with Crippen molar-refractivity contribution in [3.8, 4) is 17.2 Å². The van der Waals surface area contributed by atoms with Gasteiger partial charge in [-0.05, 0) is 30.7 Å². The standard InChI is InChI=1S/C22H24N4O4/c1-14(15-8-9-18-19(12-15)30-13-29-18)24-22(27)25-20(21-23-10-11-26(21)2)16-6-4-5-7-17(16)28-3/h4-12,14,20H,13H2,1-3H3,(H2,24,25,27). The number of benzene rings is 2. The predicted octanol–water partition coefficient (Wildman–Crippen LogP) is 3.31. The minimum absolute atomic E-state index is 0.214. The first-order chi connectivity index (χ1) is 14.6. The summed E-state index contributed by atoms with van der Waals surface area (Å²) in [6.45, 7) is 2.13. The fourth-order valence-electron chi connectivity index (χ4n) is 3.48. The Balaban J connectivity index is 1.54. The number of ether oxygens (including phenoxy) is 3. The maximum absolute atomic E-state index is 12.9. The zero-order chi connectivity index (χ0) is 21.1. The molecule has 2 N–H and O–H groups in total. The molecule has 8 nitrogen and oxygen atoms in total. The number of nitrogens with zero attached hydrogens (tertiary/aromatic N) is 2. The molecule has 156 valence electrons. The molecule has 0 radical (unpaired) electrons. The molecule has 8 heteroatoms. The number of carbonyl (C=O) groups is 1.